The number of amides is 3. The summed E-state index contributed by atoms with van der Waals surface area (Å²) in [5.41, 5.74) is 0.547. The highest BCUT2D eigenvalue weighted by Gasteiger charge is 2.35. The van der Waals surface area contributed by atoms with Crippen LogP contribution in [-0.2, 0) is 14.1 Å². The van der Waals surface area contributed by atoms with Gasteiger partial charge in [0, 0.05) is 50.9 Å². The Morgan fingerprint density at radius 1 is 1.07 bits per heavy atom. The Morgan fingerprint density at radius 2 is 1.76 bits per heavy atom. The van der Waals surface area contributed by atoms with Crippen LogP contribution in [0.1, 0.15) is 36.7 Å². The predicted octanol–water partition coefficient (Wildman–Crippen LogP) is 1.07. The van der Waals surface area contributed by atoms with Gasteiger partial charge in [0.25, 0.3) is 5.91 Å². The maximum atomic E-state index is 13.4. The molecule has 0 aliphatic carbocycles. The zero-order valence-electron chi connectivity index (χ0n) is 23.5. The number of piperazine rings is 1. The van der Waals surface area contributed by atoms with Gasteiger partial charge in [-0.1, -0.05) is 43.7 Å². The number of nitrogens with one attached hydrogen (secondary N) is 1. The van der Waals surface area contributed by atoms with Gasteiger partial charge in [-0.2, -0.15) is 0 Å². The minimum absolute atomic E-state index is 0.0941. The van der Waals surface area contributed by atoms with Gasteiger partial charge in [-0.3, -0.25) is 14.2 Å². The molecule has 2 aliphatic heterocycles. The molecule has 2 aromatic rings. The molecule has 3 amide bonds. The molecule has 0 radical (unpaired) electrons. The van der Waals surface area contributed by atoms with Crippen LogP contribution in [0.25, 0.3) is 11.4 Å². The second-order valence-corrected chi connectivity index (χ2v) is 12.0. The number of anilines is 1. The first-order valence-corrected chi connectivity index (χ1v) is 15.8. The van der Waals surface area contributed by atoms with Crippen molar-refractivity contribution in [2.75, 3.05) is 56.9 Å². The number of unbranched alkanes of at least 4 members (excludes halogenated alkanes) is 1. The summed E-state index contributed by atoms with van der Waals surface area (Å²) in [5, 5.41) is 12.5. The van der Waals surface area contributed by atoms with E-state index in [2.05, 4.69) is 15.3 Å². The molecule has 14 nitrogen and oxygen atoms in total. The van der Waals surface area contributed by atoms with Crippen LogP contribution in [-0.4, -0.2) is 117 Å². The second kappa shape index (κ2) is 14.1. The SMILES string of the molecule is CCCCOC(=O)N1CCN(C(=O)C(CP(=O)(O)O)NC(=O)c2cc(N3CC[C@@H](O)C3)nc(-c3ccccc3)n2)CC1. The third-order valence-corrected chi connectivity index (χ3v) is 7.90. The van der Waals surface area contributed by atoms with E-state index in [1.807, 2.05) is 17.9 Å². The molecule has 15 heteroatoms. The van der Waals surface area contributed by atoms with Gasteiger partial charge < -0.3 is 39.6 Å². The molecule has 4 N–H and O–H groups in total. The fourth-order valence-corrected chi connectivity index (χ4v) is 5.48. The number of benzene rings is 1. The molecule has 1 unspecified atom stereocenters. The maximum Gasteiger partial charge on any atom is 0.409 e. The Balaban J connectivity index is 1.51. The van der Waals surface area contributed by atoms with Crippen molar-refractivity contribution < 1.29 is 38.6 Å². The predicted molar refractivity (Wildman–Crippen MR) is 153 cm³/mol. The van der Waals surface area contributed by atoms with Crippen LogP contribution >= 0.6 is 7.60 Å². The highest BCUT2D eigenvalue weighted by molar-refractivity contribution is 7.51. The van der Waals surface area contributed by atoms with Crippen molar-refractivity contribution in [2.24, 2.45) is 0 Å². The zero-order chi connectivity index (χ0) is 30.3. The first-order chi connectivity index (χ1) is 20.0. The van der Waals surface area contributed by atoms with E-state index in [-0.39, 0.29) is 37.7 Å². The molecule has 3 heterocycles. The van der Waals surface area contributed by atoms with E-state index < -0.39 is 43.8 Å². The topological polar surface area (TPSA) is 186 Å². The summed E-state index contributed by atoms with van der Waals surface area (Å²) in [7, 11) is -4.72. The van der Waals surface area contributed by atoms with Gasteiger partial charge in [-0.05, 0) is 12.8 Å². The number of carbonyl (C=O) groups excluding carboxylic acids is 3. The molecule has 1 aromatic carbocycles. The smallest absolute Gasteiger partial charge is 0.409 e. The first-order valence-electron chi connectivity index (χ1n) is 14.0. The third-order valence-electron chi connectivity index (χ3n) is 7.06. The van der Waals surface area contributed by atoms with Gasteiger partial charge in [-0.15, -0.1) is 0 Å². The average molecular weight is 605 g/mol. The quantitative estimate of drug-likeness (QED) is 0.225. The van der Waals surface area contributed by atoms with E-state index in [1.165, 1.54) is 15.9 Å². The van der Waals surface area contributed by atoms with Crippen LogP contribution in [0.3, 0.4) is 0 Å². The lowest BCUT2D eigenvalue weighted by Crippen LogP contribution is -2.56. The zero-order valence-corrected chi connectivity index (χ0v) is 24.4. The van der Waals surface area contributed by atoms with Crippen molar-refractivity contribution in [3.63, 3.8) is 0 Å². The third kappa shape index (κ3) is 8.48. The summed E-state index contributed by atoms with van der Waals surface area (Å²) in [6.45, 7) is 3.73. The van der Waals surface area contributed by atoms with Crippen LogP contribution in [0.4, 0.5) is 10.6 Å². The molecule has 0 saturated carbocycles. The highest BCUT2D eigenvalue weighted by atomic mass is 31.2. The highest BCUT2D eigenvalue weighted by Crippen LogP contribution is 2.35. The number of aromatic nitrogens is 2. The number of rotatable bonds is 10. The molecule has 1 aromatic heterocycles. The van der Waals surface area contributed by atoms with E-state index in [9.17, 15) is 33.8 Å². The van der Waals surface area contributed by atoms with Gasteiger partial charge in [0.05, 0.1) is 18.9 Å². The van der Waals surface area contributed by atoms with Gasteiger partial charge in [-0.25, -0.2) is 14.8 Å². The van der Waals surface area contributed by atoms with Crippen molar-refractivity contribution in [3.8, 4) is 11.4 Å². The fourth-order valence-electron chi connectivity index (χ4n) is 4.76. The number of β-amino-alcohol motifs (C(OH)–C–C–N with tert-alkyl or cyclic N) is 1. The number of hydrogen-bond donors (Lipinski definition) is 4. The molecule has 228 valence electrons. The van der Waals surface area contributed by atoms with E-state index in [0.29, 0.717) is 37.5 Å². The summed E-state index contributed by atoms with van der Waals surface area (Å²) < 4.78 is 17.2. The first kappa shape index (κ1) is 31.4. The van der Waals surface area contributed by atoms with Gasteiger partial charge in [0.15, 0.2) is 5.82 Å². The number of carbonyl (C=O) groups is 3. The average Bonchev–Trinajstić information content (AvgIpc) is 3.42. The number of hydrogen-bond acceptors (Lipinski definition) is 9. The van der Waals surface area contributed by atoms with Crippen LogP contribution in [0.5, 0.6) is 0 Å². The van der Waals surface area contributed by atoms with Crippen molar-refractivity contribution >= 4 is 31.3 Å². The molecular formula is C27H37N6O8P. The standard InChI is InChI=1S/C27H37N6O8P/c1-2-3-15-41-27(37)32-13-11-31(12-14-32)26(36)22(18-42(38,39)40)29-25(35)21-16-23(33-10-9-20(34)17-33)30-24(28-21)19-7-5-4-6-8-19/h4-8,16,20,22,34H,2-3,9-15,17-18H2,1H3,(H,29,35)(H2,38,39,40)/t20-,22?/m1/s1. The van der Waals surface area contributed by atoms with Gasteiger partial charge in [0.1, 0.15) is 17.6 Å². The number of aliphatic hydroxyl groups is 1. The summed E-state index contributed by atoms with van der Waals surface area (Å²) in [6.07, 6.45) is 0.242. The Labute approximate surface area is 243 Å². The Hall–Kier alpha value is -3.58. The van der Waals surface area contributed by atoms with E-state index in [1.54, 1.807) is 24.3 Å². The lowest BCUT2D eigenvalue weighted by Gasteiger charge is -2.36. The van der Waals surface area contributed by atoms with Gasteiger partial charge >= 0.3 is 13.7 Å². The molecule has 42 heavy (non-hydrogen) atoms. The van der Waals surface area contributed by atoms with Crippen LogP contribution < -0.4 is 10.2 Å². The maximum absolute atomic E-state index is 13.4. The van der Waals surface area contributed by atoms with E-state index >= 15 is 0 Å². The molecule has 0 bridgehead atoms. The molecule has 2 aliphatic rings. The molecular weight excluding hydrogens is 567 g/mol. The fraction of sp³-hybridized carbons (Fsp3) is 0.519. The Kier molecular flexibility index (Phi) is 10.5. The minimum Gasteiger partial charge on any atom is -0.449 e. The summed E-state index contributed by atoms with van der Waals surface area (Å²) in [6, 6.07) is 8.87. The lowest BCUT2D eigenvalue weighted by molar-refractivity contribution is -0.134. The molecule has 0 spiro atoms. The van der Waals surface area contributed by atoms with Crippen LogP contribution in [0.15, 0.2) is 36.4 Å². The van der Waals surface area contributed by atoms with Crippen molar-refractivity contribution in [3.05, 3.63) is 42.1 Å². The molecule has 2 saturated heterocycles. The number of aliphatic hydroxyl groups excluding tert-OH is 1. The number of nitrogens with zero attached hydrogens (tertiary/aromatic N) is 5. The normalized spacial score (nSPS) is 18.1. The van der Waals surface area contributed by atoms with Gasteiger partial charge in [0.2, 0.25) is 5.91 Å². The largest absolute Gasteiger partial charge is 0.449 e. The van der Waals surface area contributed by atoms with Crippen molar-refractivity contribution in [2.45, 2.75) is 38.3 Å². The minimum atomic E-state index is -4.72. The molecule has 4 rings (SSSR count). The van der Waals surface area contributed by atoms with Crippen LogP contribution in [0.2, 0.25) is 0 Å². The summed E-state index contributed by atoms with van der Waals surface area (Å²) >= 11 is 0. The van der Waals surface area contributed by atoms with E-state index in [0.717, 1.165) is 12.8 Å². The van der Waals surface area contributed by atoms with Crippen molar-refractivity contribution in [1.82, 2.24) is 25.1 Å². The lowest BCUT2D eigenvalue weighted by atomic mass is 10.2. The van der Waals surface area contributed by atoms with E-state index in [4.69, 9.17) is 4.74 Å². The number of ether oxygens (including phenoxy) is 1. The summed E-state index contributed by atoms with van der Waals surface area (Å²) in [4.78, 5) is 72.1. The molecule has 2 atom stereocenters. The second-order valence-electron chi connectivity index (χ2n) is 10.3. The Morgan fingerprint density at radius 3 is 2.38 bits per heavy atom. The monoisotopic (exact) mass is 604 g/mol. The summed E-state index contributed by atoms with van der Waals surface area (Å²) in [5.74, 6) is -0.823. The molecule has 2 fully saturated rings. The van der Waals surface area contributed by atoms with Crippen molar-refractivity contribution in [1.29, 1.82) is 0 Å². The van der Waals surface area contributed by atoms with Crippen LogP contribution in [0, 0.1) is 0 Å². The Bertz CT molecular complexity index is 1300.